The zero-order valence-corrected chi connectivity index (χ0v) is 15.2. The third kappa shape index (κ3) is 3.40. The number of hydrogen-bond acceptors (Lipinski definition) is 3. The van der Waals surface area contributed by atoms with Crippen LogP contribution in [0.15, 0.2) is 64.7 Å². The zero-order valence-electron chi connectivity index (χ0n) is 12.3. The maximum Gasteiger partial charge on any atom is 0.276 e. The van der Waals surface area contributed by atoms with Crippen LogP contribution in [0.25, 0.3) is 10.9 Å². The molecule has 0 fully saturated rings. The highest BCUT2D eigenvalue weighted by Crippen LogP contribution is 2.18. The zero-order chi connectivity index (χ0) is 16.4. The van der Waals surface area contributed by atoms with E-state index in [0.29, 0.717) is 0 Å². The normalized spacial score (nSPS) is 12.1. The van der Waals surface area contributed by atoms with E-state index in [2.05, 4.69) is 32.5 Å². The minimum Gasteiger partial charge on any atom is -0.350 e. The van der Waals surface area contributed by atoms with Gasteiger partial charge in [0.2, 0.25) is 0 Å². The van der Waals surface area contributed by atoms with Gasteiger partial charge in [0.25, 0.3) is 10.0 Å². The Bertz CT molecular complexity index is 976. The summed E-state index contributed by atoms with van der Waals surface area (Å²) in [5.74, 6) is 0. The van der Waals surface area contributed by atoms with E-state index in [1.54, 1.807) is 24.3 Å². The van der Waals surface area contributed by atoms with Crippen molar-refractivity contribution >= 4 is 49.7 Å². The maximum absolute atomic E-state index is 12.2. The summed E-state index contributed by atoms with van der Waals surface area (Å²) in [6, 6.07) is 14.5. The number of hydrazone groups is 1. The first-order valence-electron chi connectivity index (χ1n) is 6.82. The van der Waals surface area contributed by atoms with Crippen molar-refractivity contribution in [1.82, 2.24) is 9.40 Å². The summed E-state index contributed by atoms with van der Waals surface area (Å²) in [5, 5.41) is 4.92. The average Bonchev–Trinajstić information content (AvgIpc) is 2.85. The highest BCUT2D eigenvalue weighted by Gasteiger charge is 2.12. The smallest absolute Gasteiger partial charge is 0.276 e. The number of nitrogens with zero attached hydrogens (tertiary/aromatic N) is 2. The van der Waals surface area contributed by atoms with E-state index < -0.39 is 10.0 Å². The third-order valence-electron chi connectivity index (χ3n) is 3.43. The molecular weight excluding hydrogens is 425 g/mol. The second-order valence-electron chi connectivity index (χ2n) is 5.02. The van der Waals surface area contributed by atoms with E-state index in [-0.39, 0.29) is 4.90 Å². The Kier molecular flexibility index (Phi) is 4.40. The Balaban J connectivity index is 1.84. The third-order valence-corrected chi connectivity index (χ3v) is 5.39. The molecule has 0 radical (unpaired) electrons. The minimum atomic E-state index is -3.65. The first-order chi connectivity index (χ1) is 11.0. The lowest BCUT2D eigenvalue weighted by atomic mass is 10.2. The summed E-state index contributed by atoms with van der Waals surface area (Å²) >= 11 is 2.12. The van der Waals surface area contributed by atoms with Crippen molar-refractivity contribution in [3.05, 3.63) is 63.9 Å². The van der Waals surface area contributed by atoms with Crippen molar-refractivity contribution in [2.75, 3.05) is 0 Å². The fourth-order valence-corrected chi connectivity index (χ4v) is 3.46. The average molecular weight is 439 g/mol. The molecule has 2 aromatic carbocycles. The topological polar surface area (TPSA) is 63.5 Å². The Morgan fingerprint density at radius 1 is 1.13 bits per heavy atom. The first-order valence-corrected chi connectivity index (χ1v) is 9.38. The molecule has 0 aliphatic carbocycles. The number of aryl methyl sites for hydroxylation is 1. The standard InChI is InChI=1S/C16H14IN3O2S/c1-20-11-12(15-4-2-3-5-16(15)20)10-18-19-23(21,22)14-8-6-13(17)7-9-14/h2-11,19H,1H3/b18-10-. The van der Waals surface area contributed by atoms with E-state index in [4.69, 9.17) is 0 Å². The summed E-state index contributed by atoms with van der Waals surface area (Å²) in [4.78, 5) is 2.44. The van der Waals surface area contributed by atoms with Gasteiger partial charge in [-0.2, -0.15) is 13.5 Å². The van der Waals surface area contributed by atoms with Crippen LogP contribution in [-0.4, -0.2) is 19.2 Å². The summed E-state index contributed by atoms with van der Waals surface area (Å²) in [5.41, 5.74) is 1.92. The van der Waals surface area contributed by atoms with Gasteiger partial charge in [0.05, 0.1) is 11.1 Å². The molecule has 118 valence electrons. The number of para-hydroxylation sites is 1. The van der Waals surface area contributed by atoms with E-state index in [9.17, 15) is 8.42 Å². The predicted octanol–water partition coefficient (Wildman–Crippen LogP) is 3.10. The van der Waals surface area contributed by atoms with E-state index in [0.717, 1.165) is 20.0 Å². The maximum atomic E-state index is 12.2. The van der Waals surface area contributed by atoms with E-state index >= 15 is 0 Å². The predicted molar refractivity (Wildman–Crippen MR) is 100.0 cm³/mol. The SMILES string of the molecule is Cn1cc(/C=N\NS(=O)(=O)c2ccc(I)cc2)c2ccccc21. The van der Waals surface area contributed by atoms with Crippen molar-refractivity contribution in [3.8, 4) is 0 Å². The van der Waals surface area contributed by atoms with Crippen molar-refractivity contribution in [1.29, 1.82) is 0 Å². The molecule has 0 saturated carbocycles. The highest BCUT2D eigenvalue weighted by atomic mass is 127. The second kappa shape index (κ2) is 6.32. The number of benzene rings is 2. The summed E-state index contributed by atoms with van der Waals surface area (Å²) in [6.07, 6.45) is 3.43. The van der Waals surface area contributed by atoms with E-state index in [1.807, 2.05) is 42.1 Å². The largest absolute Gasteiger partial charge is 0.350 e. The highest BCUT2D eigenvalue weighted by molar-refractivity contribution is 14.1. The van der Waals surface area contributed by atoms with Crippen LogP contribution in [0.5, 0.6) is 0 Å². The molecule has 0 amide bonds. The number of aromatic nitrogens is 1. The van der Waals surface area contributed by atoms with Gasteiger partial charge in [0.1, 0.15) is 0 Å². The van der Waals surface area contributed by atoms with Gasteiger partial charge in [-0.1, -0.05) is 18.2 Å². The van der Waals surface area contributed by atoms with Gasteiger partial charge in [-0.05, 0) is 52.9 Å². The molecule has 5 nitrogen and oxygen atoms in total. The van der Waals surface area contributed by atoms with Gasteiger partial charge in [0, 0.05) is 33.3 Å². The van der Waals surface area contributed by atoms with Crippen LogP contribution in [0.3, 0.4) is 0 Å². The number of sulfonamides is 1. The van der Waals surface area contributed by atoms with Gasteiger partial charge in [-0.25, -0.2) is 4.83 Å². The van der Waals surface area contributed by atoms with Gasteiger partial charge in [-0.3, -0.25) is 0 Å². The molecule has 1 N–H and O–H groups in total. The molecule has 3 aromatic rings. The molecule has 23 heavy (non-hydrogen) atoms. The van der Waals surface area contributed by atoms with Crippen LogP contribution in [0.1, 0.15) is 5.56 Å². The van der Waals surface area contributed by atoms with Crippen molar-refractivity contribution in [2.24, 2.45) is 12.1 Å². The van der Waals surface area contributed by atoms with Crippen LogP contribution in [0.4, 0.5) is 0 Å². The summed E-state index contributed by atoms with van der Waals surface area (Å²) < 4.78 is 27.3. The summed E-state index contributed by atoms with van der Waals surface area (Å²) in [6.45, 7) is 0. The fourth-order valence-electron chi connectivity index (χ4n) is 2.31. The lowest BCUT2D eigenvalue weighted by Crippen LogP contribution is -2.18. The molecule has 0 spiro atoms. The fraction of sp³-hybridized carbons (Fsp3) is 0.0625. The Hall–Kier alpha value is -1.87. The van der Waals surface area contributed by atoms with Crippen LogP contribution in [0, 0.1) is 3.57 Å². The van der Waals surface area contributed by atoms with Crippen LogP contribution < -0.4 is 4.83 Å². The lowest BCUT2D eigenvalue weighted by Gasteiger charge is -2.02. The van der Waals surface area contributed by atoms with Gasteiger partial charge in [-0.15, -0.1) is 0 Å². The van der Waals surface area contributed by atoms with Crippen molar-refractivity contribution < 1.29 is 8.42 Å². The number of hydrogen-bond donors (Lipinski definition) is 1. The van der Waals surface area contributed by atoms with Gasteiger partial charge in [0.15, 0.2) is 0 Å². The minimum absolute atomic E-state index is 0.188. The molecular formula is C16H14IN3O2S. The number of rotatable bonds is 4. The quantitative estimate of drug-likeness (QED) is 0.386. The number of halogens is 1. The Labute approximate surface area is 148 Å². The molecule has 0 aliphatic heterocycles. The Morgan fingerprint density at radius 2 is 1.83 bits per heavy atom. The molecule has 0 unspecified atom stereocenters. The van der Waals surface area contributed by atoms with Crippen LogP contribution in [-0.2, 0) is 17.1 Å². The monoisotopic (exact) mass is 439 g/mol. The molecule has 0 aliphatic rings. The first kappa shape index (κ1) is 16.0. The van der Waals surface area contributed by atoms with Crippen LogP contribution >= 0.6 is 22.6 Å². The molecule has 0 saturated heterocycles. The summed E-state index contributed by atoms with van der Waals surface area (Å²) in [7, 11) is -1.71. The van der Waals surface area contributed by atoms with Crippen molar-refractivity contribution in [2.45, 2.75) is 4.90 Å². The second-order valence-corrected chi connectivity index (χ2v) is 7.93. The lowest BCUT2D eigenvalue weighted by molar-refractivity contribution is 0.584. The molecule has 7 heteroatoms. The molecule has 1 aromatic heterocycles. The molecule has 1 heterocycles. The van der Waals surface area contributed by atoms with E-state index in [1.165, 1.54) is 6.21 Å². The van der Waals surface area contributed by atoms with Crippen LogP contribution in [0.2, 0.25) is 0 Å². The van der Waals surface area contributed by atoms with Gasteiger partial charge < -0.3 is 4.57 Å². The molecule has 0 bridgehead atoms. The Morgan fingerprint density at radius 3 is 2.57 bits per heavy atom. The molecule has 3 rings (SSSR count). The van der Waals surface area contributed by atoms with Gasteiger partial charge >= 0.3 is 0 Å². The van der Waals surface area contributed by atoms with Crippen molar-refractivity contribution in [3.63, 3.8) is 0 Å². The number of nitrogens with one attached hydrogen (secondary N) is 1. The number of fused-ring (bicyclic) bond motifs is 1. The molecule has 0 atom stereocenters.